The van der Waals surface area contributed by atoms with Crippen LogP contribution in [0.2, 0.25) is 0 Å². The number of anilines is 3. The first kappa shape index (κ1) is 24.2. The van der Waals surface area contributed by atoms with E-state index in [1.165, 1.54) is 0 Å². The Bertz CT molecular complexity index is 1490. The lowest BCUT2D eigenvalue weighted by molar-refractivity contribution is -0.119. The number of rotatable bonds is 7. The van der Waals surface area contributed by atoms with E-state index in [0.29, 0.717) is 37.4 Å². The van der Waals surface area contributed by atoms with Crippen molar-refractivity contribution in [3.8, 4) is 5.75 Å². The maximum absolute atomic E-state index is 13.4. The van der Waals surface area contributed by atoms with Crippen LogP contribution < -0.4 is 19.9 Å². The zero-order chi connectivity index (χ0) is 25.9. The first-order chi connectivity index (χ1) is 18.0. The highest BCUT2D eigenvalue weighted by Crippen LogP contribution is 2.37. The molecule has 1 N–H and O–H groups in total. The van der Waals surface area contributed by atoms with Crippen LogP contribution >= 0.6 is 0 Å². The number of nitrogens with one attached hydrogen (secondary N) is 1. The summed E-state index contributed by atoms with van der Waals surface area (Å²) in [6.45, 7) is 3.07. The van der Waals surface area contributed by atoms with E-state index >= 15 is 0 Å². The van der Waals surface area contributed by atoms with Crippen LogP contribution in [0.15, 0.2) is 67.0 Å². The summed E-state index contributed by atoms with van der Waals surface area (Å²) >= 11 is 0. The molecule has 2 aromatic carbocycles. The number of hydrogen-bond acceptors (Lipinski definition) is 6. The van der Waals surface area contributed by atoms with Gasteiger partial charge in [0, 0.05) is 44.8 Å². The Hall–Kier alpha value is -4.46. The molecule has 2 amide bonds. The van der Waals surface area contributed by atoms with E-state index in [1.807, 2.05) is 66.4 Å². The van der Waals surface area contributed by atoms with Crippen molar-refractivity contribution in [1.29, 1.82) is 0 Å². The summed E-state index contributed by atoms with van der Waals surface area (Å²) in [6, 6.07) is 17.4. The van der Waals surface area contributed by atoms with Gasteiger partial charge in [-0.3, -0.25) is 9.59 Å². The molecule has 0 saturated carbocycles. The second-order valence-corrected chi connectivity index (χ2v) is 8.89. The maximum Gasteiger partial charge on any atom is 0.261 e. The van der Waals surface area contributed by atoms with Gasteiger partial charge in [0.05, 0.1) is 24.3 Å². The van der Waals surface area contributed by atoms with Crippen molar-refractivity contribution in [1.82, 2.24) is 15.3 Å². The molecule has 0 saturated heterocycles. The Kier molecular flexibility index (Phi) is 6.72. The standard InChI is InChI=1S/C29H29N5O3/c1-4-34-27-23(29(36)33(3)24-10-7-14-31-28(24)34)16-19(18-32-27)13-15-37-25-12-11-20(17-26(35)30-2)21-8-5-6-9-22(21)25/h5-12,14,16,18H,4,13,15,17H2,1-3H3,(H,30,35). The molecule has 1 aliphatic rings. The summed E-state index contributed by atoms with van der Waals surface area (Å²) in [7, 11) is 3.40. The molecule has 0 fully saturated rings. The minimum Gasteiger partial charge on any atom is -0.493 e. The molecule has 1 aliphatic heterocycles. The van der Waals surface area contributed by atoms with E-state index < -0.39 is 0 Å². The number of nitrogens with zero attached hydrogens (tertiary/aromatic N) is 4. The number of ether oxygens (including phenoxy) is 1. The Balaban J connectivity index is 1.37. The Labute approximate surface area is 215 Å². The highest BCUT2D eigenvalue weighted by atomic mass is 16.5. The third kappa shape index (κ3) is 4.58. The molecule has 37 heavy (non-hydrogen) atoms. The molecular weight excluding hydrogens is 466 g/mol. The third-order valence-corrected chi connectivity index (χ3v) is 6.67. The molecule has 4 aromatic rings. The molecule has 0 spiro atoms. The number of hydrogen-bond donors (Lipinski definition) is 1. The molecule has 0 radical (unpaired) electrons. The number of fused-ring (bicyclic) bond motifs is 3. The SMILES string of the molecule is CCN1c2ncc(CCOc3ccc(CC(=O)NC)c4ccccc34)cc2C(=O)N(C)c2cccnc21. The van der Waals surface area contributed by atoms with Crippen molar-refractivity contribution < 1.29 is 14.3 Å². The summed E-state index contributed by atoms with van der Waals surface area (Å²) in [4.78, 5) is 38.1. The van der Waals surface area contributed by atoms with Gasteiger partial charge < -0.3 is 19.9 Å². The Morgan fingerprint density at radius 3 is 2.62 bits per heavy atom. The van der Waals surface area contributed by atoms with Gasteiger partial charge in [-0.25, -0.2) is 9.97 Å². The molecule has 5 rings (SSSR count). The van der Waals surface area contributed by atoms with Crippen molar-refractivity contribution >= 4 is 39.9 Å². The van der Waals surface area contributed by atoms with Crippen LogP contribution in [0.3, 0.4) is 0 Å². The van der Waals surface area contributed by atoms with Gasteiger partial charge in [0.2, 0.25) is 5.91 Å². The average Bonchev–Trinajstić information content (AvgIpc) is 3.02. The Morgan fingerprint density at radius 1 is 1.03 bits per heavy atom. The molecular formula is C29H29N5O3. The monoisotopic (exact) mass is 495 g/mol. The number of pyridine rings is 2. The van der Waals surface area contributed by atoms with E-state index in [-0.39, 0.29) is 11.8 Å². The lowest BCUT2D eigenvalue weighted by atomic mass is 10.0. The number of benzene rings is 2. The van der Waals surface area contributed by atoms with Crippen molar-refractivity contribution in [2.75, 3.05) is 37.0 Å². The fraction of sp³-hybridized carbons (Fsp3) is 0.241. The third-order valence-electron chi connectivity index (χ3n) is 6.67. The predicted molar refractivity (Wildman–Crippen MR) is 145 cm³/mol. The Morgan fingerprint density at radius 2 is 1.84 bits per heavy atom. The van der Waals surface area contributed by atoms with Crippen LogP contribution in [0.1, 0.15) is 28.4 Å². The van der Waals surface area contributed by atoms with Gasteiger partial charge in [0.1, 0.15) is 11.6 Å². The maximum atomic E-state index is 13.4. The van der Waals surface area contributed by atoms with E-state index in [2.05, 4.69) is 15.3 Å². The molecule has 0 atom stereocenters. The summed E-state index contributed by atoms with van der Waals surface area (Å²) in [5.74, 6) is 1.94. The number of amides is 2. The van der Waals surface area contributed by atoms with Crippen LogP contribution in [0.5, 0.6) is 5.75 Å². The van der Waals surface area contributed by atoms with Crippen LogP contribution in [0, 0.1) is 0 Å². The molecule has 2 aromatic heterocycles. The van der Waals surface area contributed by atoms with Crippen molar-refractivity contribution in [3.05, 3.63) is 83.7 Å². The first-order valence-corrected chi connectivity index (χ1v) is 12.3. The summed E-state index contributed by atoms with van der Waals surface area (Å²) < 4.78 is 6.18. The topological polar surface area (TPSA) is 87.7 Å². The van der Waals surface area contributed by atoms with Crippen LogP contribution in [-0.4, -0.2) is 49.0 Å². The fourth-order valence-corrected chi connectivity index (χ4v) is 4.71. The van der Waals surface area contributed by atoms with Crippen molar-refractivity contribution in [2.24, 2.45) is 0 Å². The lowest BCUT2D eigenvalue weighted by Crippen LogP contribution is -2.25. The lowest BCUT2D eigenvalue weighted by Gasteiger charge is -2.22. The molecule has 8 nitrogen and oxygen atoms in total. The van der Waals surface area contributed by atoms with Gasteiger partial charge in [0.15, 0.2) is 5.82 Å². The largest absolute Gasteiger partial charge is 0.493 e. The molecule has 3 heterocycles. The number of carbonyl (C=O) groups excluding carboxylic acids is 2. The second kappa shape index (κ2) is 10.3. The summed E-state index contributed by atoms with van der Waals surface area (Å²) in [5.41, 5.74) is 3.17. The first-order valence-electron chi connectivity index (χ1n) is 12.3. The predicted octanol–water partition coefficient (Wildman–Crippen LogP) is 4.29. The average molecular weight is 496 g/mol. The fourth-order valence-electron chi connectivity index (χ4n) is 4.71. The molecule has 188 valence electrons. The summed E-state index contributed by atoms with van der Waals surface area (Å²) in [5, 5.41) is 4.64. The highest BCUT2D eigenvalue weighted by molar-refractivity contribution is 6.12. The molecule has 8 heteroatoms. The van der Waals surface area contributed by atoms with Gasteiger partial charge >= 0.3 is 0 Å². The quantitative estimate of drug-likeness (QED) is 0.412. The van der Waals surface area contributed by atoms with Gasteiger partial charge in [-0.2, -0.15) is 0 Å². The number of carbonyl (C=O) groups is 2. The van der Waals surface area contributed by atoms with Crippen LogP contribution in [0.4, 0.5) is 17.3 Å². The number of aromatic nitrogens is 2. The zero-order valence-corrected chi connectivity index (χ0v) is 21.2. The second-order valence-electron chi connectivity index (χ2n) is 8.89. The smallest absolute Gasteiger partial charge is 0.261 e. The van der Waals surface area contributed by atoms with E-state index in [1.54, 1.807) is 31.4 Å². The molecule has 0 aliphatic carbocycles. The minimum atomic E-state index is -0.117. The van der Waals surface area contributed by atoms with Crippen molar-refractivity contribution in [2.45, 2.75) is 19.8 Å². The van der Waals surface area contributed by atoms with E-state index in [9.17, 15) is 9.59 Å². The van der Waals surface area contributed by atoms with Gasteiger partial charge in [-0.05, 0) is 47.7 Å². The number of likely N-dealkylation sites (N-methyl/N-ethyl adjacent to an activating group) is 1. The van der Waals surface area contributed by atoms with Gasteiger partial charge in [0.25, 0.3) is 5.91 Å². The van der Waals surface area contributed by atoms with Gasteiger partial charge in [-0.1, -0.05) is 30.3 Å². The van der Waals surface area contributed by atoms with Crippen molar-refractivity contribution in [3.63, 3.8) is 0 Å². The molecule has 0 bridgehead atoms. The van der Waals surface area contributed by atoms with Crippen LogP contribution in [-0.2, 0) is 17.6 Å². The normalized spacial score (nSPS) is 12.7. The van der Waals surface area contributed by atoms with Crippen LogP contribution in [0.25, 0.3) is 10.8 Å². The summed E-state index contributed by atoms with van der Waals surface area (Å²) in [6.07, 6.45) is 4.43. The highest BCUT2D eigenvalue weighted by Gasteiger charge is 2.30. The minimum absolute atomic E-state index is 0.0322. The van der Waals surface area contributed by atoms with Gasteiger partial charge in [-0.15, -0.1) is 0 Å². The zero-order valence-electron chi connectivity index (χ0n) is 21.2. The van der Waals surface area contributed by atoms with E-state index in [4.69, 9.17) is 4.74 Å². The molecule has 0 unspecified atom stereocenters. The van der Waals surface area contributed by atoms with E-state index in [0.717, 1.165) is 39.2 Å².